The molecule has 1 aliphatic heterocycles. The normalized spacial score (nSPS) is 25.2. The van der Waals surface area contributed by atoms with E-state index in [9.17, 15) is 4.79 Å². The van der Waals surface area contributed by atoms with E-state index in [1.807, 2.05) is 24.3 Å². The Morgan fingerprint density at radius 2 is 2.05 bits per heavy atom. The molecule has 110 valence electrons. The van der Waals surface area contributed by atoms with Gasteiger partial charge in [-0.2, -0.15) is 0 Å². The number of rotatable bonds is 1. The summed E-state index contributed by atoms with van der Waals surface area (Å²) in [5.74, 6) is 0.877. The number of nitrogens with two attached hydrogens (primary N) is 1. The lowest BCUT2D eigenvalue weighted by atomic mass is 9.85. The third kappa shape index (κ3) is 2.09. The van der Waals surface area contributed by atoms with Crippen molar-refractivity contribution >= 4 is 22.5 Å². The number of amides is 1. The number of hydrogen-bond acceptors (Lipinski definition) is 2. The summed E-state index contributed by atoms with van der Waals surface area (Å²) in [6.07, 6.45) is 6.22. The van der Waals surface area contributed by atoms with Gasteiger partial charge in [-0.25, -0.2) is 0 Å². The number of carbonyl (C=O) groups is 1. The molecule has 2 aliphatic rings. The Morgan fingerprint density at radius 3 is 2.95 bits per heavy atom. The van der Waals surface area contributed by atoms with Gasteiger partial charge in [-0.15, -0.1) is 0 Å². The second-order valence-electron chi connectivity index (χ2n) is 6.43. The number of nitrogen functional groups attached to an aromatic ring is 1. The molecule has 1 saturated heterocycles. The van der Waals surface area contributed by atoms with Crippen LogP contribution in [0.25, 0.3) is 10.9 Å². The summed E-state index contributed by atoms with van der Waals surface area (Å²) in [7, 11) is 0. The largest absolute Gasteiger partial charge is 0.399 e. The van der Waals surface area contributed by atoms with E-state index in [1.165, 1.54) is 32.1 Å². The van der Waals surface area contributed by atoms with Gasteiger partial charge >= 0.3 is 0 Å². The van der Waals surface area contributed by atoms with Gasteiger partial charge in [0.25, 0.3) is 5.91 Å². The van der Waals surface area contributed by atoms with Gasteiger partial charge in [0.05, 0.1) is 0 Å². The lowest BCUT2D eigenvalue weighted by Crippen LogP contribution is -2.39. The zero-order valence-electron chi connectivity index (χ0n) is 12.1. The number of H-pyrrole nitrogens is 1. The van der Waals surface area contributed by atoms with Crippen LogP contribution in [-0.2, 0) is 0 Å². The van der Waals surface area contributed by atoms with Crippen LogP contribution in [0, 0.1) is 5.92 Å². The van der Waals surface area contributed by atoms with E-state index >= 15 is 0 Å². The predicted octanol–water partition coefficient (Wildman–Crippen LogP) is 3.15. The highest BCUT2D eigenvalue weighted by Gasteiger charge is 2.38. The van der Waals surface area contributed by atoms with Gasteiger partial charge in [-0.05, 0) is 49.4 Å². The highest BCUT2D eigenvalue weighted by molar-refractivity contribution is 5.98. The zero-order chi connectivity index (χ0) is 14.4. The number of aromatic amines is 1. The van der Waals surface area contributed by atoms with Gasteiger partial charge in [0.1, 0.15) is 5.69 Å². The topological polar surface area (TPSA) is 62.1 Å². The number of anilines is 1. The summed E-state index contributed by atoms with van der Waals surface area (Å²) < 4.78 is 0. The number of fused-ring (bicyclic) bond motifs is 2. The summed E-state index contributed by atoms with van der Waals surface area (Å²) in [4.78, 5) is 18.2. The molecule has 1 amide bonds. The maximum Gasteiger partial charge on any atom is 0.270 e. The van der Waals surface area contributed by atoms with Crippen LogP contribution in [0.1, 0.15) is 42.6 Å². The van der Waals surface area contributed by atoms with Crippen LogP contribution in [0.2, 0.25) is 0 Å². The number of nitrogens with zero attached hydrogens (tertiary/aromatic N) is 1. The molecular formula is C17H21N3O. The maximum atomic E-state index is 12.8. The van der Waals surface area contributed by atoms with Gasteiger partial charge in [0.15, 0.2) is 0 Å². The van der Waals surface area contributed by atoms with E-state index in [2.05, 4.69) is 9.88 Å². The fourth-order valence-corrected chi connectivity index (χ4v) is 4.08. The molecule has 21 heavy (non-hydrogen) atoms. The van der Waals surface area contributed by atoms with E-state index in [0.29, 0.717) is 11.7 Å². The smallest absolute Gasteiger partial charge is 0.270 e. The Kier molecular flexibility index (Phi) is 2.91. The number of likely N-dealkylation sites (tertiary alicyclic amines) is 1. The van der Waals surface area contributed by atoms with E-state index < -0.39 is 0 Å². The average molecular weight is 283 g/mol. The standard InChI is InChI=1S/C17H21N3O/c18-13-5-6-14-12(9-13)10-15(19-14)17(21)20-8-7-11-3-1-2-4-16(11)20/h5-6,9-11,16,19H,1-4,7-8,18H2. The molecule has 4 heteroatoms. The Labute approximate surface area is 124 Å². The summed E-state index contributed by atoms with van der Waals surface area (Å²) in [5.41, 5.74) is 8.21. The lowest BCUT2D eigenvalue weighted by Gasteiger charge is -2.31. The molecule has 2 fully saturated rings. The molecule has 2 aromatic rings. The van der Waals surface area contributed by atoms with Crippen molar-refractivity contribution in [2.24, 2.45) is 5.92 Å². The van der Waals surface area contributed by atoms with Crippen LogP contribution in [0.5, 0.6) is 0 Å². The fraction of sp³-hybridized carbons (Fsp3) is 0.471. The van der Waals surface area contributed by atoms with Crippen molar-refractivity contribution in [2.45, 2.75) is 38.1 Å². The first-order valence-electron chi connectivity index (χ1n) is 7.91. The van der Waals surface area contributed by atoms with Crippen molar-refractivity contribution in [3.63, 3.8) is 0 Å². The van der Waals surface area contributed by atoms with Gasteiger partial charge < -0.3 is 15.6 Å². The van der Waals surface area contributed by atoms with Crippen LogP contribution in [0.15, 0.2) is 24.3 Å². The Morgan fingerprint density at radius 1 is 1.19 bits per heavy atom. The van der Waals surface area contributed by atoms with E-state index in [0.717, 1.165) is 29.1 Å². The molecule has 2 atom stereocenters. The summed E-state index contributed by atoms with van der Waals surface area (Å²) in [6.45, 7) is 0.908. The highest BCUT2D eigenvalue weighted by Crippen LogP contribution is 2.37. The van der Waals surface area contributed by atoms with Crippen LogP contribution < -0.4 is 5.73 Å². The average Bonchev–Trinajstić information content (AvgIpc) is 3.09. The Bertz CT molecular complexity index is 690. The Balaban J connectivity index is 1.63. The molecule has 3 N–H and O–H groups in total. The molecule has 0 bridgehead atoms. The van der Waals surface area contributed by atoms with Crippen LogP contribution in [0.3, 0.4) is 0 Å². The monoisotopic (exact) mass is 283 g/mol. The highest BCUT2D eigenvalue weighted by atomic mass is 16.2. The molecule has 2 heterocycles. The summed E-state index contributed by atoms with van der Waals surface area (Å²) >= 11 is 0. The molecule has 1 aliphatic carbocycles. The van der Waals surface area contributed by atoms with Crippen LogP contribution in [-0.4, -0.2) is 28.4 Å². The van der Waals surface area contributed by atoms with Crippen LogP contribution >= 0.6 is 0 Å². The molecule has 0 spiro atoms. The molecular weight excluding hydrogens is 262 g/mol. The first-order valence-corrected chi connectivity index (χ1v) is 7.91. The van der Waals surface area contributed by atoms with E-state index in [4.69, 9.17) is 5.73 Å². The van der Waals surface area contributed by atoms with Crippen molar-refractivity contribution in [3.05, 3.63) is 30.0 Å². The maximum absolute atomic E-state index is 12.8. The summed E-state index contributed by atoms with van der Waals surface area (Å²) in [6, 6.07) is 8.11. The first-order chi connectivity index (χ1) is 10.2. The fourth-order valence-electron chi connectivity index (χ4n) is 4.08. The third-order valence-corrected chi connectivity index (χ3v) is 5.15. The van der Waals surface area contributed by atoms with Crippen LogP contribution in [0.4, 0.5) is 5.69 Å². The number of carbonyl (C=O) groups excluding carboxylic acids is 1. The van der Waals surface area contributed by atoms with E-state index in [-0.39, 0.29) is 5.91 Å². The van der Waals surface area contributed by atoms with Crippen molar-refractivity contribution in [1.82, 2.24) is 9.88 Å². The minimum Gasteiger partial charge on any atom is -0.399 e. The van der Waals surface area contributed by atoms with Gasteiger partial charge in [-0.1, -0.05) is 12.8 Å². The Hall–Kier alpha value is -1.97. The molecule has 4 nitrogen and oxygen atoms in total. The van der Waals surface area contributed by atoms with E-state index in [1.54, 1.807) is 0 Å². The van der Waals surface area contributed by atoms with Gasteiger partial charge in [0.2, 0.25) is 0 Å². The van der Waals surface area contributed by atoms with Crippen molar-refractivity contribution in [3.8, 4) is 0 Å². The van der Waals surface area contributed by atoms with Gasteiger partial charge in [0, 0.05) is 29.2 Å². The number of aromatic nitrogens is 1. The predicted molar refractivity (Wildman–Crippen MR) is 84.1 cm³/mol. The molecule has 4 rings (SSSR count). The second kappa shape index (κ2) is 4.79. The quantitative estimate of drug-likeness (QED) is 0.790. The molecule has 1 saturated carbocycles. The lowest BCUT2D eigenvalue weighted by molar-refractivity contribution is 0.0685. The van der Waals surface area contributed by atoms with Crippen molar-refractivity contribution < 1.29 is 4.79 Å². The number of nitrogens with one attached hydrogen (secondary N) is 1. The third-order valence-electron chi connectivity index (χ3n) is 5.15. The van der Waals surface area contributed by atoms with Crippen molar-refractivity contribution in [1.29, 1.82) is 0 Å². The first kappa shape index (κ1) is 12.7. The van der Waals surface area contributed by atoms with Gasteiger partial charge in [-0.3, -0.25) is 4.79 Å². The summed E-state index contributed by atoms with van der Waals surface area (Å²) in [5, 5.41) is 1.01. The number of benzene rings is 1. The minimum absolute atomic E-state index is 0.152. The second-order valence-corrected chi connectivity index (χ2v) is 6.43. The van der Waals surface area contributed by atoms with Crippen molar-refractivity contribution in [2.75, 3.05) is 12.3 Å². The molecule has 1 aromatic heterocycles. The number of hydrogen-bond donors (Lipinski definition) is 2. The molecule has 0 radical (unpaired) electrons. The SMILES string of the molecule is Nc1ccc2[nH]c(C(=O)N3CCC4CCCCC43)cc2c1. The minimum atomic E-state index is 0.152. The molecule has 1 aromatic carbocycles. The zero-order valence-corrected chi connectivity index (χ0v) is 12.1. The molecule has 2 unspecified atom stereocenters.